The van der Waals surface area contributed by atoms with Crippen molar-refractivity contribution in [2.45, 2.75) is 6.04 Å². The van der Waals surface area contributed by atoms with Gasteiger partial charge in [0.25, 0.3) is 0 Å². The summed E-state index contributed by atoms with van der Waals surface area (Å²) in [6.45, 7) is 0. The van der Waals surface area contributed by atoms with Gasteiger partial charge in [0.2, 0.25) is 0 Å². The van der Waals surface area contributed by atoms with Gasteiger partial charge in [0.05, 0.1) is 18.2 Å². The summed E-state index contributed by atoms with van der Waals surface area (Å²) in [5.41, 5.74) is 8.27. The first kappa shape index (κ1) is 13.4. The molecular weight excluding hydrogens is 314 g/mol. The van der Waals surface area contributed by atoms with E-state index in [1.54, 1.807) is 7.11 Å². The maximum atomic E-state index is 6.22. The van der Waals surface area contributed by atoms with Gasteiger partial charge in [-0.15, -0.1) is 0 Å². The van der Waals surface area contributed by atoms with Crippen molar-refractivity contribution in [3.05, 3.63) is 63.1 Å². The van der Waals surface area contributed by atoms with E-state index in [9.17, 15) is 0 Å². The van der Waals surface area contributed by atoms with Gasteiger partial charge in [-0.25, -0.2) is 0 Å². The first-order valence-electron chi connectivity index (χ1n) is 5.46. The Balaban J connectivity index is 2.28. The second kappa shape index (κ2) is 5.74. The molecule has 0 saturated carbocycles. The second-order valence-corrected chi connectivity index (χ2v) is 5.19. The molecule has 1 unspecified atom stereocenters. The van der Waals surface area contributed by atoms with Crippen LogP contribution < -0.4 is 10.5 Å². The second-order valence-electron chi connectivity index (χ2n) is 3.92. The van der Waals surface area contributed by atoms with Crippen molar-refractivity contribution < 1.29 is 4.74 Å². The average molecular weight is 327 g/mol. The predicted molar refractivity (Wildman–Crippen MR) is 78.2 cm³/mol. The molecule has 2 rings (SSSR count). The van der Waals surface area contributed by atoms with E-state index >= 15 is 0 Å². The summed E-state index contributed by atoms with van der Waals surface area (Å²) >= 11 is 9.37. The zero-order valence-corrected chi connectivity index (χ0v) is 12.2. The highest BCUT2D eigenvalue weighted by Crippen LogP contribution is 2.28. The standard InChI is InChI=1S/C14H13BrClNO/c1-18-11-5-2-9(3-6-11)14(17)10-4-7-13(16)12(15)8-10/h2-8,14H,17H2,1H3. The first-order chi connectivity index (χ1) is 8.61. The van der Waals surface area contributed by atoms with E-state index in [-0.39, 0.29) is 6.04 Å². The van der Waals surface area contributed by atoms with Crippen molar-refractivity contribution in [3.8, 4) is 5.75 Å². The minimum Gasteiger partial charge on any atom is -0.497 e. The minimum atomic E-state index is -0.176. The topological polar surface area (TPSA) is 35.2 Å². The van der Waals surface area contributed by atoms with Crippen LogP contribution in [-0.2, 0) is 0 Å². The molecule has 0 aromatic heterocycles. The third-order valence-corrected chi connectivity index (χ3v) is 3.99. The lowest BCUT2D eigenvalue weighted by atomic mass is 10.00. The number of methoxy groups -OCH3 is 1. The van der Waals surface area contributed by atoms with Crippen LogP contribution in [0.1, 0.15) is 17.2 Å². The fourth-order valence-electron chi connectivity index (χ4n) is 1.71. The van der Waals surface area contributed by atoms with E-state index in [4.69, 9.17) is 22.1 Å². The van der Waals surface area contributed by atoms with Crippen molar-refractivity contribution >= 4 is 27.5 Å². The first-order valence-corrected chi connectivity index (χ1v) is 6.63. The average Bonchev–Trinajstić information content (AvgIpc) is 2.41. The molecule has 0 fully saturated rings. The van der Waals surface area contributed by atoms with Crippen molar-refractivity contribution in [1.29, 1.82) is 0 Å². The molecule has 2 aromatic rings. The van der Waals surface area contributed by atoms with Crippen molar-refractivity contribution in [2.24, 2.45) is 5.73 Å². The number of hydrogen-bond donors (Lipinski definition) is 1. The Morgan fingerprint density at radius 1 is 1.11 bits per heavy atom. The van der Waals surface area contributed by atoms with Gasteiger partial charge in [0, 0.05) is 4.47 Å². The highest BCUT2D eigenvalue weighted by atomic mass is 79.9. The lowest BCUT2D eigenvalue weighted by Gasteiger charge is -2.14. The Morgan fingerprint density at radius 3 is 2.28 bits per heavy atom. The summed E-state index contributed by atoms with van der Waals surface area (Å²) in [5, 5.41) is 0.681. The molecule has 4 heteroatoms. The lowest BCUT2D eigenvalue weighted by molar-refractivity contribution is 0.414. The van der Waals surface area contributed by atoms with Crippen LogP contribution in [0, 0.1) is 0 Å². The van der Waals surface area contributed by atoms with Crippen LogP contribution >= 0.6 is 27.5 Å². The normalized spacial score (nSPS) is 12.2. The molecular formula is C14H13BrClNO. The maximum Gasteiger partial charge on any atom is 0.118 e. The number of rotatable bonds is 3. The zero-order chi connectivity index (χ0) is 13.1. The van der Waals surface area contributed by atoms with Gasteiger partial charge in [-0.1, -0.05) is 29.8 Å². The van der Waals surface area contributed by atoms with Crippen LogP contribution in [0.25, 0.3) is 0 Å². The molecule has 2 aromatic carbocycles. The molecule has 0 bridgehead atoms. The molecule has 2 nitrogen and oxygen atoms in total. The molecule has 0 aliphatic carbocycles. The minimum absolute atomic E-state index is 0.176. The van der Waals surface area contributed by atoms with E-state index in [2.05, 4.69) is 15.9 Å². The predicted octanol–water partition coefficient (Wildman–Crippen LogP) is 4.16. The van der Waals surface area contributed by atoms with Crippen LogP contribution in [0.3, 0.4) is 0 Å². The van der Waals surface area contributed by atoms with Crippen LogP contribution in [0.2, 0.25) is 5.02 Å². The van der Waals surface area contributed by atoms with Gasteiger partial charge in [-0.05, 0) is 51.3 Å². The van der Waals surface area contributed by atoms with E-state index in [1.165, 1.54) is 0 Å². The fourth-order valence-corrected chi connectivity index (χ4v) is 2.22. The van der Waals surface area contributed by atoms with Gasteiger partial charge >= 0.3 is 0 Å². The Bertz CT molecular complexity index is 542. The Kier molecular flexibility index (Phi) is 4.27. The summed E-state index contributed by atoms with van der Waals surface area (Å²) < 4.78 is 5.98. The molecule has 0 aliphatic heterocycles. The fraction of sp³-hybridized carbons (Fsp3) is 0.143. The van der Waals surface area contributed by atoms with Crippen LogP contribution in [0.4, 0.5) is 0 Å². The monoisotopic (exact) mass is 325 g/mol. The van der Waals surface area contributed by atoms with Gasteiger partial charge in [-0.3, -0.25) is 0 Å². The Hall–Kier alpha value is -1.03. The highest BCUT2D eigenvalue weighted by Gasteiger charge is 2.10. The zero-order valence-electron chi connectivity index (χ0n) is 9.86. The quantitative estimate of drug-likeness (QED) is 0.919. The smallest absolute Gasteiger partial charge is 0.118 e. The number of nitrogens with two attached hydrogens (primary N) is 1. The van der Waals surface area contributed by atoms with Crippen molar-refractivity contribution in [1.82, 2.24) is 0 Å². The molecule has 0 aliphatic rings. The third kappa shape index (κ3) is 2.86. The van der Waals surface area contributed by atoms with E-state index in [0.717, 1.165) is 21.3 Å². The van der Waals surface area contributed by atoms with Crippen LogP contribution in [0.15, 0.2) is 46.9 Å². The Morgan fingerprint density at radius 2 is 1.72 bits per heavy atom. The third-order valence-electron chi connectivity index (χ3n) is 2.78. The summed E-state index contributed by atoms with van der Waals surface area (Å²) in [5.74, 6) is 0.822. The molecule has 1 atom stereocenters. The summed E-state index contributed by atoms with van der Waals surface area (Å²) in [4.78, 5) is 0. The Labute approximate surface area is 120 Å². The summed E-state index contributed by atoms with van der Waals surface area (Å²) in [6, 6.07) is 13.3. The van der Waals surface area contributed by atoms with Crippen LogP contribution in [0.5, 0.6) is 5.75 Å². The molecule has 0 spiro atoms. The van der Waals surface area contributed by atoms with Crippen LogP contribution in [-0.4, -0.2) is 7.11 Å². The molecule has 0 radical (unpaired) electrons. The number of benzene rings is 2. The molecule has 0 heterocycles. The van der Waals surface area contributed by atoms with Gasteiger partial charge in [0.15, 0.2) is 0 Å². The van der Waals surface area contributed by atoms with E-state index in [1.807, 2.05) is 42.5 Å². The lowest BCUT2D eigenvalue weighted by Crippen LogP contribution is -2.11. The van der Waals surface area contributed by atoms with Gasteiger partial charge in [0.1, 0.15) is 5.75 Å². The summed E-state index contributed by atoms with van der Waals surface area (Å²) in [6.07, 6.45) is 0. The number of halogens is 2. The molecule has 2 N–H and O–H groups in total. The number of hydrogen-bond acceptors (Lipinski definition) is 2. The van der Waals surface area contributed by atoms with Crippen molar-refractivity contribution in [2.75, 3.05) is 7.11 Å². The maximum absolute atomic E-state index is 6.22. The highest BCUT2D eigenvalue weighted by molar-refractivity contribution is 9.10. The van der Waals surface area contributed by atoms with Crippen molar-refractivity contribution in [3.63, 3.8) is 0 Å². The van der Waals surface area contributed by atoms with Gasteiger partial charge in [-0.2, -0.15) is 0 Å². The van der Waals surface area contributed by atoms with E-state index in [0.29, 0.717) is 5.02 Å². The van der Waals surface area contributed by atoms with Gasteiger partial charge < -0.3 is 10.5 Å². The molecule has 0 saturated heterocycles. The molecule has 0 amide bonds. The SMILES string of the molecule is COc1ccc(C(N)c2ccc(Cl)c(Br)c2)cc1. The molecule has 94 valence electrons. The molecule has 18 heavy (non-hydrogen) atoms. The van der Waals surface area contributed by atoms with E-state index < -0.39 is 0 Å². The number of ether oxygens (including phenoxy) is 1. The summed E-state index contributed by atoms with van der Waals surface area (Å²) in [7, 11) is 1.64. The largest absolute Gasteiger partial charge is 0.497 e.